The molecule has 3 aromatic heterocycles. The van der Waals surface area contributed by atoms with Crippen molar-refractivity contribution < 1.29 is 0 Å². The van der Waals surface area contributed by atoms with Gasteiger partial charge in [-0.1, -0.05) is 115 Å². The first kappa shape index (κ1) is 24.8. The van der Waals surface area contributed by atoms with Crippen LogP contribution in [0.15, 0.2) is 146 Å². The monoisotopic (exact) mass is 588 g/mol. The molecule has 0 aliphatic rings. The van der Waals surface area contributed by atoms with Gasteiger partial charge in [-0.05, 0) is 46.8 Å². The predicted molar refractivity (Wildman–Crippen MR) is 193 cm³/mol. The molecule has 0 aliphatic carbocycles. The lowest BCUT2D eigenvalue weighted by atomic mass is 9.93. The molecule has 0 saturated heterocycles. The van der Waals surface area contributed by atoms with Gasteiger partial charge in [0.1, 0.15) is 0 Å². The Balaban J connectivity index is 1.31. The van der Waals surface area contributed by atoms with Crippen molar-refractivity contribution in [1.82, 2.24) is 9.97 Å². The fourth-order valence-corrected chi connectivity index (χ4v) is 8.37. The maximum atomic E-state index is 5.40. The zero-order valence-corrected chi connectivity index (χ0v) is 25.0. The maximum absolute atomic E-state index is 5.40. The molecule has 0 aliphatic heterocycles. The number of nitrogens with zero attached hydrogens (tertiary/aromatic N) is 2. The summed E-state index contributed by atoms with van der Waals surface area (Å²) < 4.78 is 2.63. The number of aromatic nitrogens is 2. The first-order valence-electron chi connectivity index (χ1n) is 15.2. The molecule has 0 saturated carbocycles. The van der Waals surface area contributed by atoms with Crippen molar-refractivity contribution in [2.45, 2.75) is 0 Å². The van der Waals surface area contributed by atoms with Crippen molar-refractivity contribution in [3.8, 4) is 22.4 Å². The Morgan fingerprint density at radius 1 is 0.422 bits per heavy atom. The zero-order valence-electron chi connectivity index (χ0n) is 24.2. The summed E-state index contributed by atoms with van der Waals surface area (Å²) in [7, 11) is 0. The second kappa shape index (κ2) is 9.43. The van der Waals surface area contributed by atoms with Crippen LogP contribution in [0.4, 0.5) is 0 Å². The summed E-state index contributed by atoms with van der Waals surface area (Å²) in [5.41, 5.74) is 7.56. The van der Waals surface area contributed by atoms with Crippen LogP contribution in [0.5, 0.6) is 0 Å². The number of fused-ring (bicyclic) bond motifs is 11. The van der Waals surface area contributed by atoms with Gasteiger partial charge >= 0.3 is 0 Å². The number of thiophene rings is 1. The standard InChI is InChI=1S/C42H24N2S/c1-2-10-25(11-3-1)40-34-21-20-32-30-14-7-9-17-38(30)45-42(32)39(34)33-19-18-26(24-37(33)44-40)35-23-28-22-27-12-4-8-16-36(27)43-41(28)31-15-6-5-13-29(31)35/h1-24H. The minimum atomic E-state index is 1.00. The molecule has 0 amide bonds. The van der Waals surface area contributed by atoms with E-state index < -0.39 is 0 Å². The van der Waals surface area contributed by atoms with Crippen molar-refractivity contribution in [2.75, 3.05) is 0 Å². The molecule has 0 bridgehead atoms. The highest BCUT2D eigenvalue weighted by Crippen LogP contribution is 2.44. The molecule has 3 heteroatoms. The molecule has 0 unspecified atom stereocenters. The molecular formula is C42H24N2S. The van der Waals surface area contributed by atoms with Crippen LogP contribution in [-0.2, 0) is 0 Å². The topological polar surface area (TPSA) is 25.8 Å². The Labute approximate surface area is 262 Å². The lowest BCUT2D eigenvalue weighted by Crippen LogP contribution is -1.92. The third kappa shape index (κ3) is 3.68. The summed E-state index contributed by atoms with van der Waals surface area (Å²) in [6.45, 7) is 0. The molecule has 2 nitrogen and oxygen atoms in total. The second-order valence-corrected chi connectivity index (χ2v) is 12.8. The van der Waals surface area contributed by atoms with Crippen molar-refractivity contribution in [1.29, 1.82) is 0 Å². The summed E-state index contributed by atoms with van der Waals surface area (Å²) in [5, 5.41) is 10.9. The van der Waals surface area contributed by atoms with Crippen LogP contribution in [0.25, 0.3) is 96.8 Å². The summed E-state index contributed by atoms with van der Waals surface area (Å²) in [4.78, 5) is 10.5. The van der Waals surface area contributed by atoms with E-state index in [1.165, 1.54) is 52.7 Å². The van der Waals surface area contributed by atoms with Gasteiger partial charge in [-0.25, -0.2) is 9.97 Å². The SMILES string of the molecule is c1ccc(-c2nc3cc(-c4cc5cc6ccccc6nc5c5ccccc45)ccc3c3c2ccc2c4ccccc4sc23)cc1. The Hall–Kier alpha value is -5.64. The number of benzene rings is 7. The van der Waals surface area contributed by atoms with Crippen LogP contribution in [0.1, 0.15) is 0 Å². The molecule has 0 N–H and O–H groups in total. The van der Waals surface area contributed by atoms with Crippen molar-refractivity contribution >= 4 is 85.8 Å². The maximum Gasteiger partial charge on any atom is 0.0788 e. The highest BCUT2D eigenvalue weighted by Gasteiger charge is 2.18. The third-order valence-corrected chi connectivity index (χ3v) is 10.4. The van der Waals surface area contributed by atoms with Gasteiger partial charge in [0.15, 0.2) is 0 Å². The average Bonchev–Trinajstić information content (AvgIpc) is 3.49. The van der Waals surface area contributed by atoms with E-state index in [4.69, 9.17) is 9.97 Å². The van der Waals surface area contributed by atoms with Gasteiger partial charge in [0.05, 0.1) is 22.2 Å². The van der Waals surface area contributed by atoms with E-state index in [-0.39, 0.29) is 0 Å². The molecule has 208 valence electrons. The van der Waals surface area contributed by atoms with E-state index >= 15 is 0 Å². The van der Waals surface area contributed by atoms with Gasteiger partial charge in [0, 0.05) is 58.1 Å². The molecule has 10 rings (SSSR count). The first-order chi connectivity index (χ1) is 22.3. The summed E-state index contributed by atoms with van der Waals surface area (Å²) >= 11 is 1.88. The van der Waals surface area contributed by atoms with E-state index in [1.807, 2.05) is 11.3 Å². The Morgan fingerprint density at radius 3 is 2.07 bits per heavy atom. The van der Waals surface area contributed by atoms with E-state index in [0.29, 0.717) is 0 Å². The van der Waals surface area contributed by atoms with Gasteiger partial charge < -0.3 is 0 Å². The Bertz CT molecular complexity index is 2810. The Morgan fingerprint density at radius 2 is 1.16 bits per heavy atom. The van der Waals surface area contributed by atoms with Gasteiger partial charge in [-0.2, -0.15) is 0 Å². The highest BCUT2D eigenvalue weighted by atomic mass is 32.1. The minimum absolute atomic E-state index is 1.00. The molecule has 45 heavy (non-hydrogen) atoms. The quantitative estimate of drug-likeness (QED) is 0.148. The molecule has 3 heterocycles. The summed E-state index contributed by atoms with van der Waals surface area (Å²) in [6.07, 6.45) is 0. The van der Waals surface area contributed by atoms with Crippen LogP contribution in [0.2, 0.25) is 0 Å². The number of para-hydroxylation sites is 1. The smallest absolute Gasteiger partial charge is 0.0788 e. The molecule has 10 aromatic rings. The zero-order chi connectivity index (χ0) is 29.5. The predicted octanol–water partition coefficient (Wildman–Crippen LogP) is 11.9. The highest BCUT2D eigenvalue weighted by molar-refractivity contribution is 7.26. The number of hydrogen-bond donors (Lipinski definition) is 0. The van der Waals surface area contributed by atoms with Gasteiger partial charge in [0.25, 0.3) is 0 Å². The second-order valence-electron chi connectivity index (χ2n) is 11.7. The van der Waals surface area contributed by atoms with E-state index in [1.54, 1.807) is 0 Å². The van der Waals surface area contributed by atoms with Crippen molar-refractivity contribution in [3.63, 3.8) is 0 Å². The molecular weight excluding hydrogens is 565 g/mol. The molecule has 0 spiro atoms. The first-order valence-corrected chi connectivity index (χ1v) is 16.1. The van der Waals surface area contributed by atoms with Crippen LogP contribution in [0.3, 0.4) is 0 Å². The Kier molecular flexibility index (Phi) is 5.19. The summed E-state index contributed by atoms with van der Waals surface area (Å²) in [6, 6.07) is 52.3. The fourth-order valence-electron chi connectivity index (χ4n) is 7.11. The largest absolute Gasteiger partial charge is 0.247 e. The lowest BCUT2D eigenvalue weighted by Gasteiger charge is -2.14. The molecule has 7 aromatic carbocycles. The minimum Gasteiger partial charge on any atom is -0.247 e. The van der Waals surface area contributed by atoms with E-state index in [2.05, 4.69) is 146 Å². The lowest BCUT2D eigenvalue weighted by molar-refractivity contribution is 1.43. The molecule has 0 atom stereocenters. The van der Waals surface area contributed by atoms with Crippen LogP contribution in [-0.4, -0.2) is 9.97 Å². The van der Waals surface area contributed by atoms with Gasteiger partial charge in [-0.15, -0.1) is 11.3 Å². The normalized spacial score (nSPS) is 12.0. The van der Waals surface area contributed by atoms with Gasteiger partial charge in [-0.3, -0.25) is 0 Å². The van der Waals surface area contributed by atoms with Crippen LogP contribution in [0, 0.1) is 0 Å². The number of rotatable bonds is 2. The van der Waals surface area contributed by atoms with Crippen LogP contribution < -0.4 is 0 Å². The van der Waals surface area contributed by atoms with Crippen molar-refractivity contribution in [2.24, 2.45) is 0 Å². The summed E-state index contributed by atoms with van der Waals surface area (Å²) in [5.74, 6) is 0. The third-order valence-electron chi connectivity index (χ3n) is 9.19. The molecule has 0 fully saturated rings. The average molecular weight is 589 g/mol. The van der Waals surface area contributed by atoms with Crippen LogP contribution >= 0.6 is 11.3 Å². The molecule has 0 radical (unpaired) electrons. The van der Waals surface area contributed by atoms with E-state index in [9.17, 15) is 0 Å². The number of pyridine rings is 2. The van der Waals surface area contributed by atoms with E-state index in [0.717, 1.165) is 44.1 Å². The van der Waals surface area contributed by atoms with Gasteiger partial charge in [0.2, 0.25) is 0 Å². The van der Waals surface area contributed by atoms with Crippen molar-refractivity contribution in [3.05, 3.63) is 146 Å². The number of hydrogen-bond acceptors (Lipinski definition) is 3. The fraction of sp³-hybridized carbons (Fsp3) is 0.